The maximum absolute atomic E-state index is 14.9. The monoisotopic (exact) mass is 873 g/mol. The van der Waals surface area contributed by atoms with E-state index in [2.05, 4.69) is 71.7 Å². The van der Waals surface area contributed by atoms with Crippen molar-refractivity contribution in [1.82, 2.24) is 15.6 Å². The number of carbonyl (C=O) groups excluding carboxylic acids is 2. The first-order valence-corrected chi connectivity index (χ1v) is 24.0. The average Bonchev–Trinajstić information content (AvgIpc) is 3.93. The molecule has 0 radical (unpaired) electrons. The summed E-state index contributed by atoms with van der Waals surface area (Å²) >= 11 is 0. The van der Waals surface area contributed by atoms with Gasteiger partial charge in [0.25, 0.3) is 0 Å². The number of nitrogens with one attached hydrogen (secondary N) is 3. The normalized spacial score (nSPS) is 25.6. The number of dihydropyridines is 1. The first kappa shape index (κ1) is 47.2. The van der Waals surface area contributed by atoms with Crippen molar-refractivity contribution < 1.29 is 29.6 Å². The third-order valence-electron chi connectivity index (χ3n) is 15.1. The van der Waals surface area contributed by atoms with Crippen LogP contribution in [0.2, 0.25) is 0 Å². The molecule has 0 saturated heterocycles. The molecular formula is C54H72N4O6. The average molecular weight is 873 g/mol. The van der Waals surface area contributed by atoms with Crippen LogP contribution in [-0.2, 0) is 22.4 Å². The number of nitrogens with two attached hydrogens (primary N) is 1. The number of hydrogen-bond acceptors (Lipinski definition) is 9. The quantitative estimate of drug-likeness (QED) is 0.0592. The topological polar surface area (TPSA) is 170 Å². The lowest BCUT2D eigenvalue weighted by molar-refractivity contribution is -0.130. The molecule has 7 rings (SSSR count). The second-order valence-electron chi connectivity index (χ2n) is 19.5. The zero-order chi connectivity index (χ0) is 45.4. The van der Waals surface area contributed by atoms with Gasteiger partial charge in [-0.15, -0.1) is 0 Å². The largest absolute Gasteiger partial charge is 0.504 e. The van der Waals surface area contributed by atoms with Crippen molar-refractivity contribution in [3.8, 4) is 23.3 Å². The molecule has 9 atom stereocenters. The molecule has 344 valence electrons. The molecule has 1 aliphatic heterocycles. The van der Waals surface area contributed by atoms with E-state index >= 15 is 0 Å². The Morgan fingerprint density at radius 2 is 1.78 bits per heavy atom. The van der Waals surface area contributed by atoms with Crippen LogP contribution >= 0.6 is 0 Å². The number of aromatic nitrogens is 1. The summed E-state index contributed by atoms with van der Waals surface area (Å²) in [5.74, 6) is 7.50. The summed E-state index contributed by atoms with van der Waals surface area (Å²) in [5, 5.41) is 40.0. The van der Waals surface area contributed by atoms with E-state index in [9.17, 15) is 24.9 Å². The Bertz CT molecular complexity index is 2190. The summed E-state index contributed by atoms with van der Waals surface area (Å²) in [4.78, 5) is 32.3. The van der Waals surface area contributed by atoms with Crippen LogP contribution in [0.5, 0.6) is 11.5 Å². The number of phenolic OH excluding ortho intramolecular Hbond substituents is 1. The van der Waals surface area contributed by atoms with Gasteiger partial charge in [-0.1, -0.05) is 81.4 Å². The molecule has 2 aromatic carbocycles. The van der Waals surface area contributed by atoms with Crippen molar-refractivity contribution >= 4 is 11.6 Å². The Morgan fingerprint density at radius 3 is 2.50 bits per heavy atom. The third kappa shape index (κ3) is 11.0. The number of phenols is 1. The molecule has 4 aliphatic rings. The van der Waals surface area contributed by atoms with E-state index in [1.54, 1.807) is 13.0 Å². The van der Waals surface area contributed by atoms with Crippen LogP contribution in [0, 0.1) is 46.8 Å². The second kappa shape index (κ2) is 21.4. The zero-order valence-electron chi connectivity index (χ0n) is 38.5. The van der Waals surface area contributed by atoms with Gasteiger partial charge < -0.3 is 41.4 Å². The Labute approximate surface area is 380 Å². The SMILES string of the molecule is CCC[C@@H]([C@H]1C[C@H](C2(C3=CCNC(N)=C3)CCCC2)C[C@H]2C#C[C@H](c3ccccc3)c3cc(O)c(OC)cc3CCC(=O)CC(=O)[C@@H]2C1)[C@H](O)Cc1cc([C@H](C)CNC[C@H](C)O)c[nH]1. The molecule has 0 spiro atoms. The van der Waals surface area contributed by atoms with E-state index in [0.717, 1.165) is 79.4 Å². The fourth-order valence-electron chi connectivity index (χ4n) is 11.8. The molecule has 0 amide bonds. The first-order chi connectivity index (χ1) is 30.9. The Hall–Kier alpha value is -4.82. The summed E-state index contributed by atoms with van der Waals surface area (Å²) in [6, 6.07) is 15.8. The van der Waals surface area contributed by atoms with Crippen molar-refractivity contribution in [2.45, 2.75) is 128 Å². The van der Waals surface area contributed by atoms with Crippen molar-refractivity contribution in [1.29, 1.82) is 0 Å². The Balaban J connectivity index is 1.31. The van der Waals surface area contributed by atoms with Crippen molar-refractivity contribution in [3.05, 3.63) is 106 Å². The van der Waals surface area contributed by atoms with Gasteiger partial charge in [0.15, 0.2) is 11.5 Å². The van der Waals surface area contributed by atoms with Crippen LogP contribution in [0.1, 0.15) is 131 Å². The van der Waals surface area contributed by atoms with Gasteiger partial charge >= 0.3 is 0 Å². The number of ketones is 2. The summed E-state index contributed by atoms with van der Waals surface area (Å²) in [5.41, 5.74) is 12.4. The molecule has 2 heterocycles. The van der Waals surface area contributed by atoms with Gasteiger partial charge in [-0.05, 0) is 133 Å². The predicted octanol–water partition coefficient (Wildman–Crippen LogP) is 7.97. The highest BCUT2D eigenvalue weighted by Crippen LogP contribution is 2.57. The number of ether oxygens (including phenoxy) is 1. The van der Waals surface area contributed by atoms with Gasteiger partial charge in [0, 0.05) is 56.2 Å². The van der Waals surface area contributed by atoms with E-state index < -0.39 is 24.0 Å². The van der Waals surface area contributed by atoms with Gasteiger partial charge in [0.1, 0.15) is 11.6 Å². The number of allylic oxidation sites excluding steroid dienone is 2. The van der Waals surface area contributed by atoms with Crippen LogP contribution in [0.25, 0.3) is 0 Å². The fraction of sp³-hybridized carbons (Fsp3) is 0.556. The zero-order valence-corrected chi connectivity index (χ0v) is 38.5. The van der Waals surface area contributed by atoms with Crippen molar-refractivity contribution in [2.24, 2.45) is 40.7 Å². The summed E-state index contributed by atoms with van der Waals surface area (Å²) in [6.07, 6.45) is 14.4. The van der Waals surface area contributed by atoms with Gasteiger partial charge in [0.2, 0.25) is 0 Å². The minimum Gasteiger partial charge on any atom is -0.504 e. The lowest BCUT2D eigenvalue weighted by Gasteiger charge is -2.43. The summed E-state index contributed by atoms with van der Waals surface area (Å²) in [6.45, 7) is 8.06. The lowest BCUT2D eigenvalue weighted by Crippen LogP contribution is -2.37. The van der Waals surface area contributed by atoms with E-state index in [1.165, 1.54) is 12.7 Å². The predicted molar refractivity (Wildman–Crippen MR) is 253 cm³/mol. The van der Waals surface area contributed by atoms with Crippen LogP contribution in [-0.4, -0.2) is 70.8 Å². The molecule has 2 fully saturated rings. The van der Waals surface area contributed by atoms with Gasteiger partial charge in [-0.2, -0.15) is 0 Å². The van der Waals surface area contributed by atoms with Crippen LogP contribution in [0.3, 0.4) is 0 Å². The fourth-order valence-corrected chi connectivity index (χ4v) is 11.8. The highest BCUT2D eigenvalue weighted by Gasteiger charge is 2.50. The lowest BCUT2D eigenvalue weighted by atomic mass is 9.62. The number of aromatic hydroxyl groups is 1. The molecule has 0 bridgehead atoms. The number of H-pyrrole nitrogens is 1. The number of fused-ring (bicyclic) bond motifs is 2. The Kier molecular flexibility index (Phi) is 15.8. The third-order valence-corrected chi connectivity index (χ3v) is 15.1. The minimum absolute atomic E-state index is 0.0120. The molecule has 10 heteroatoms. The molecular weight excluding hydrogens is 801 g/mol. The number of Topliss-reactive ketones (excluding diaryl/α,β-unsaturated/α-hetero) is 2. The number of carbonyl (C=O) groups is 2. The maximum atomic E-state index is 14.9. The number of methoxy groups -OCH3 is 1. The van der Waals surface area contributed by atoms with Gasteiger partial charge in [0.05, 0.1) is 37.5 Å². The van der Waals surface area contributed by atoms with E-state index in [-0.39, 0.29) is 65.2 Å². The molecule has 0 unspecified atom stereocenters. The van der Waals surface area contributed by atoms with Crippen LogP contribution in [0.4, 0.5) is 0 Å². The molecule has 2 saturated carbocycles. The standard InChI is InChI=1S/C54H72N4O6/c1-5-11-46(49(61)28-43-24-40(33-58-43)34(2)31-56-32-35(3)59)39-23-42(54(19-9-10-20-54)41-18-21-57-53(55)27-41)22-37-15-17-45(36-12-7-6-8-13-36)47-30-51(63)52(64-4)26-38(47)14-16-44(60)29-50(62)48(37)25-39/h6-8,12-13,18,24,26-27,30,33-35,37,39,42,45-46,48-49,56-59,61,63H,5,9-11,14,16,19-23,25,28-29,31-32,55H2,1-4H3/t34-,35+,37-,39+,42-,45-,46+,48-,49-/m1/s1. The van der Waals surface area contributed by atoms with Gasteiger partial charge in [-0.25, -0.2) is 0 Å². The number of rotatable bonds is 15. The molecule has 1 aromatic heterocycles. The van der Waals surface area contributed by atoms with Crippen molar-refractivity contribution in [3.63, 3.8) is 0 Å². The van der Waals surface area contributed by atoms with Crippen molar-refractivity contribution in [2.75, 3.05) is 26.7 Å². The number of aromatic amines is 1. The smallest absolute Gasteiger partial charge is 0.160 e. The number of aliphatic hydroxyl groups is 2. The number of aliphatic hydroxyl groups excluding tert-OH is 2. The van der Waals surface area contributed by atoms with E-state index in [1.807, 2.05) is 30.5 Å². The Morgan fingerprint density at radius 1 is 1.00 bits per heavy atom. The number of hydrogen-bond donors (Lipinski definition) is 7. The van der Waals surface area contributed by atoms with Gasteiger partial charge in [-0.3, -0.25) is 9.59 Å². The second-order valence-corrected chi connectivity index (χ2v) is 19.5. The molecule has 64 heavy (non-hydrogen) atoms. The first-order valence-electron chi connectivity index (χ1n) is 24.0. The van der Waals surface area contributed by atoms with E-state index in [0.29, 0.717) is 50.3 Å². The minimum atomic E-state index is -0.650. The highest BCUT2D eigenvalue weighted by molar-refractivity contribution is 6.00. The highest BCUT2D eigenvalue weighted by atomic mass is 16.5. The summed E-state index contributed by atoms with van der Waals surface area (Å²) in [7, 11) is 1.52. The van der Waals surface area contributed by atoms with E-state index in [4.69, 9.17) is 10.5 Å². The molecule has 8 N–H and O–H groups in total. The number of benzene rings is 2. The number of aryl methyl sites for hydroxylation is 1. The van der Waals surface area contributed by atoms with Crippen LogP contribution < -0.4 is 21.1 Å². The molecule has 10 nitrogen and oxygen atoms in total. The molecule has 3 aromatic rings. The van der Waals surface area contributed by atoms with Crippen LogP contribution in [0.15, 0.2) is 78.3 Å². The molecule has 3 aliphatic carbocycles. The summed E-state index contributed by atoms with van der Waals surface area (Å²) < 4.78 is 5.53. The maximum Gasteiger partial charge on any atom is 0.160 e.